The molecule has 1 atom stereocenters. The Morgan fingerprint density at radius 1 is 1.00 bits per heavy atom. The van der Waals surface area contributed by atoms with Crippen LogP contribution in [0.3, 0.4) is 0 Å². The predicted octanol–water partition coefficient (Wildman–Crippen LogP) is 6.63. The van der Waals surface area contributed by atoms with E-state index in [4.69, 9.17) is 0 Å². The molecule has 0 spiro atoms. The molecule has 2 aromatic carbocycles. The minimum absolute atomic E-state index is 0.0204. The molecule has 146 valence electrons. The van der Waals surface area contributed by atoms with Crippen molar-refractivity contribution in [2.75, 3.05) is 16.8 Å². The van der Waals surface area contributed by atoms with Crippen LogP contribution >= 0.6 is 23.5 Å². The summed E-state index contributed by atoms with van der Waals surface area (Å²) >= 11 is 3.50. The van der Waals surface area contributed by atoms with Crippen molar-refractivity contribution in [2.45, 2.75) is 26.7 Å². The zero-order valence-electron chi connectivity index (χ0n) is 16.5. The van der Waals surface area contributed by atoms with Crippen molar-refractivity contribution in [3.05, 3.63) is 76.2 Å². The number of para-hydroxylation sites is 2. The Labute approximate surface area is 175 Å². The molecule has 0 fully saturated rings. The molecule has 0 saturated carbocycles. The number of fused-ring (bicyclic) bond motifs is 1. The first kappa shape index (κ1) is 20.6. The molecule has 0 aliphatic carbocycles. The summed E-state index contributed by atoms with van der Waals surface area (Å²) in [6.07, 6.45) is 2.04. The smallest absolute Gasteiger partial charge is 0.253 e. The first-order chi connectivity index (χ1) is 13.7. The van der Waals surface area contributed by atoms with E-state index in [-0.39, 0.29) is 11.8 Å². The Bertz CT molecular complexity index is 955. The fourth-order valence-electron chi connectivity index (χ4n) is 3.25. The summed E-state index contributed by atoms with van der Waals surface area (Å²) in [7, 11) is 0. The molecule has 2 N–H and O–H groups in total. The number of nitrogens with one attached hydrogen (secondary N) is 2. The van der Waals surface area contributed by atoms with Crippen molar-refractivity contribution in [1.29, 1.82) is 0 Å². The highest BCUT2D eigenvalue weighted by Gasteiger charge is 2.25. The number of carbonyl (C=O) groups excluding carboxylic acids is 1. The van der Waals surface area contributed by atoms with Gasteiger partial charge in [0.1, 0.15) is 0 Å². The SMILES string of the molecule is CCSC(SCC)=C(C(=O)Nc1ccccc1)C(C)c1c[nH]c2ccccc12. The van der Waals surface area contributed by atoms with Gasteiger partial charge < -0.3 is 10.3 Å². The number of carbonyl (C=O) groups is 1. The molecular weight excluding hydrogens is 384 g/mol. The van der Waals surface area contributed by atoms with Crippen LogP contribution in [0.2, 0.25) is 0 Å². The van der Waals surface area contributed by atoms with Gasteiger partial charge >= 0.3 is 0 Å². The molecule has 3 nitrogen and oxygen atoms in total. The van der Waals surface area contributed by atoms with Gasteiger partial charge in [0.05, 0.1) is 0 Å². The van der Waals surface area contributed by atoms with Gasteiger partial charge in [-0.15, -0.1) is 23.5 Å². The maximum atomic E-state index is 13.4. The third-order valence-corrected chi connectivity index (χ3v) is 6.82. The first-order valence-electron chi connectivity index (χ1n) is 9.57. The molecule has 1 amide bonds. The zero-order chi connectivity index (χ0) is 19.9. The third kappa shape index (κ3) is 4.65. The molecule has 1 heterocycles. The summed E-state index contributed by atoms with van der Waals surface area (Å²) in [5.74, 6) is 1.82. The molecule has 28 heavy (non-hydrogen) atoms. The van der Waals surface area contributed by atoms with E-state index in [1.807, 2.05) is 48.7 Å². The number of aromatic amines is 1. The van der Waals surface area contributed by atoms with Crippen LogP contribution in [0.15, 0.2) is 70.6 Å². The van der Waals surface area contributed by atoms with Crippen LogP contribution in [-0.2, 0) is 4.79 Å². The van der Waals surface area contributed by atoms with Gasteiger partial charge in [0.2, 0.25) is 0 Å². The monoisotopic (exact) mass is 410 g/mol. The van der Waals surface area contributed by atoms with E-state index in [0.29, 0.717) is 0 Å². The van der Waals surface area contributed by atoms with Gasteiger partial charge in [0.15, 0.2) is 0 Å². The Morgan fingerprint density at radius 2 is 1.64 bits per heavy atom. The molecule has 0 saturated heterocycles. The number of hydrogen-bond donors (Lipinski definition) is 2. The van der Waals surface area contributed by atoms with Crippen LogP contribution in [-0.4, -0.2) is 22.4 Å². The van der Waals surface area contributed by atoms with Crippen molar-refractivity contribution in [2.24, 2.45) is 0 Å². The summed E-state index contributed by atoms with van der Waals surface area (Å²) in [6.45, 7) is 6.38. The van der Waals surface area contributed by atoms with Crippen LogP contribution in [0.1, 0.15) is 32.3 Å². The van der Waals surface area contributed by atoms with Crippen LogP contribution in [0.5, 0.6) is 0 Å². The van der Waals surface area contributed by atoms with Crippen LogP contribution in [0.25, 0.3) is 10.9 Å². The minimum Gasteiger partial charge on any atom is -0.361 e. The second kappa shape index (κ2) is 9.89. The van der Waals surface area contributed by atoms with E-state index in [9.17, 15) is 4.79 Å². The Morgan fingerprint density at radius 3 is 2.32 bits per heavy atom. The van der Waals surface area contributed by atoms with Crippen molar-refractivity contribution >= 4 is 46.0 Å². The lowest BCUT2D eigenvalue weighted by atomic mass is 9.93. The third-order valence-electron chi connectivity index (χ3n) is 4.57. The quantitative estimate of drug-likeness (QED) is 0.410. The zero-order valence-corrected chi connectivity index (χ0v) is 18.1. The van der Waals surface area contributed by atoms with Crippen LogP contribution in [0.4, 0.5) is 5.69 Å². The number of amides is 1. The van der Waals surface area contributed by atoms with E-state index >= 15 is 0 Å². The number of benzene rings is 2. The highest BCUT2D eigenvalue weighted by atomic mass is 32.2. The molecular formula is C23H26N2OS2. The predicted molar refractivity (Wildman–Crippen MR) is 125 cm³/mol. The average molecular weight is 411 g/mol. The van der Waals surface area contributed by atoms with E-state index in [1.54, 1.807) is 23.5 Å². The summed E-state index contributed by atoms with van der Waals surface area (Å²) in [6, 6.07) is 17.9. The van der Waals surface area contributed by atoms with Gasteiger partial charge in [0, 0.05) is 38.5 Å². The van der Waals surface area contributed by atoms with Crippen molar-refractivity contribution in [3.63, 3.8) is 0 Å². The molecule has 1 unspecified atom stereocenters. The minimum atomic E-state index is -0.0270. The molecule has 0 radical (unpaired) electrons. The molecule has 3 rings (SSSR count). The van der Waals surface area contributed by atoms with Crippen LogP contribution < -0.4 is 5.32 Å². The van der Waals surface area contributed by atoms with Crippen molar-refractivity contribution < 1.29 is 4.79 Å². The molecule has 3 aromatic rings. The Hall–Kier alpha value is -2.11. The molecule has 0 aliphatic rings. The van der Waals surface area contributed by atoms with E-state index in [0.717, 1.165) is 38.1 Å². The number of anilines is 1. The summed E-state index contributed by atoms with van der Waals surface area (Å²) in [5, 5.41) is 4.27. The standard InChI is InChI=1S/C23H26N2OS2/c1-4-27-23(28-5-2)21(22(26)25-17-11-7-6-8-12-17)16(3)19-15-24-20-14-10-9-13-18(19)20/h6-16,24H,4-5H2,1-3H3,(H,25,26). The van der Waals surface area contributed by atoms with Crippen LogP contribution in [0, 0.1) is 0 Å². The summed E-state index contributed by atoms with van der Waals surface area (Å²) < 4.78 is 1.11. The lowest BCUT2D eigenvalue weighted by Crippen LogP contribution is -2.19. The number of rotatable bonds is 8. The normalized spacial score (nSPS) is 12.0. The fourth-order valence-corrected chi connectivity index (χ4v) is 5.67. The van der Waals surface area contributed by atoms with Gasteiger partial charge in [-0.3, -0.25) is 4.79 Å². The number of thioether (sulfide) groups is 2. The highest BCUT2D eigenvalue weighted by Crippen LogP contribution is 2.40. The Balaban J connectivity index is 2.04. The van der Waals surface area contributed by atoms with Gasteiger partial charge in [-0.2, -0.15) is 0 Å². The van der Waals surface area contributed by atoms with Gasteiger partial charge in [0.25, 0.3) is 5.91 Å². The molecule has 1 aromatic heterocycles. The van der Waals surface area contributed by atoms with Crippen molar-refractivity contribution in [3.8, 4) is 0 Å². The summed E-state index contributed by atoms with van der Waals surface area (Å²) in [5.41, 5.74) is 3.91. The van der Waals surface area contributed by atoms with Gasteiger partial charge in [-0.1, -0.05) is 57.2 Å². The highest BCUT2D eigenvalue weighted by molar-refractivity contribution is 8.22. The number of hydrogen-bond acceptors (Lipinski definition) is 3. The number of aromatic nitrogens is 1. The Kier molecular flexibility index (Phi) is 7.29. The first-order valence-corrected chi connectivity index (χ1v) is 11.5. The molecule has 0 bridgehead atoms. The number of H-pyrrole nitrogens is 1. The second-order valence-corrected chi connectivity index (χ2v) is 9.21. The maximum Gasteiger partial charge on any atom is 0.253 e. The lowest BCUT2D eigenvalue weighted by molar-refractivity contribution is -0.113. The van der Waals surface area contributed by atoms with Gasteiger partial charge in [-0.25, -0.2) is 0 Å². The second-order valence-electron chi connectivity index (χ2n) is 6.40. The van der Waals surface area contributed by atoms with Crippen molar-refractivity contribution in [1.82, 2.24) is 4.98 Å². The van der Waals surface area contributed by atoms with E-state index < -0.39 is 0 Å². The summed E-state index contributed by atoms with van der Waals surface area (Å²) in [4.78, 5) is 16.7. The van der Waals surface area contributed by atoms with E-state index in [1.165, 1.54) is 5.39 Å². The van der Waals surface area contributed by atoms with Gasteiger partial charge in [-0.05, 0) is 35.3 Å². The lowest BCUT2D eigenvalue weighted by Gasteiger charge is -2.20. The average Bonchev–Trinajstić information content (AvgIpc) is 3.13. The topological polar surface area (TPSA) is 44.9 Å². The largest absolute Gasteiger partial charge is 0.361 e. The fraction of sp³-hybridized carbons (Fsp3) is 0.261. The maximum absolute atomic E-state index is 13.4. The van der Waals surface area contributed by atoms with E-state index in [2.05, 4.69) is 43.2 Å². The molecule has 0 aliphatic heterocycles. The molecule has 5 heteroatoms.